The Hall–Kier alpha value is -1.56. The first-order valence-corrected chi connectivity index (χ1v) is 7.72. The van der Waals surface area contributed by atoms with Crippen molar-refractivity contribution in [2.75, 3.05) is 25.4 Å². The minimum Gasteiger partial charge on any atom is -0.395 e. The highest BCUT2D eigenvalue weighted by molar-refractivity contribution is 5.98. The third-order valence-corrected chi connectivity index (χ3v) is 3.87. The lowest BCUT2D eigenvalue weighted by Crippen LogP contribution is -2.35. The Kier molecular flexibility index (Phi) is 6.68. The highest BCUT2D eigenvalue weighted by Crippen LogP contribution is 2.15. The summed E-state index contributed by atoms with van der Waals surface area (Å²) in [4.78, 5) is 14.6. The van der Waals surface area contributed by atoms with E-state index < -0.39 is 0 Å². The summed E-state index contributed by atoms with van der Waals surface area (Å²) in [5.74, 6) is -0.147. The lowest BCUT2D eigenvalue weighted by Gasteiger charge is -2.19. The van der Waals surface area contributed by atoms with Crippen molar-refractivity contribution in [3.05, 3.63) is 11.4 Å². The number of hydrogen-bond acceptors (Lipinski definition) is 4. The van der Waals surface area contributed by atoms with Gasteiger partial charge in [0.2, 0.25) is 0 Å². The number of nitrogens with one attached hydrogen (secondary N) is 1. The van der Waals surface area contributed by atoms with Crippen molar-refractivity contribution in [2.45, 2.75) is 46.6 Å². The van der Waals surface area contributed by atoms with Crippen molar-refractivity contribution in [2.24, 2.45) is 7.05 Å². The van der Waals surface area contributed by atoms with Gasteiger partial charge >= 0.3 is 0 Å². The Bertz CT molecular complexity index is 465. The largest absolute Gasteiger partial charge is 0.395 e. The molecule has 0 saturated carbocycles. The zero-order valence-corrected chi connectivity index (χ0v) is 13.9. The van der Waals surface area contributed by atoms with Gasteiger partial charge in [0.25, 0.3) is 5.91 Å². The Balaban J connectivity index is 2.47. The van der Waals surface area contributed by atoms with Gasteiger partial charge in [-0.15, -0.1) is 0 Å². The topological polar surface area (TPSA) is 76.2 Å². The smallest absolute Gasteiger partial charge is 0.271 e. The van der Waals surface area contributed by atoms with Crippen molar-refractivity contribution >= 4 is 11.6 Å². The van der Waals surface area contributed by atoms with E-state index in [0.29, 0.717) is 17.1 Å². The first-order valence-electron chi connectivity index (χ1n) is 7.72. The van der Waals surface area contributed by atoms with Gasteiger partial charge in [0, 0.05) is 13.1 Å². The molecule has 3 N–H and O–H groups in total. The van der Waals surface area contributed by atoms with Gasteiger partial charge in [-0.2, -0.15) is 5.10 Å². The van der Waals surface area contributed by atoms with Crippen LogP contribution in [0.4, 0.5) is 5.69 Å². The maximum absolute atomic E-state index is 12.3. The van der Waals surface area contributed by atoms with Crippen LogP contribution in [-0.2, 0) is 7.05 Å². The molecule has 21 heavy (non-hydrogen) atoms. The number of carbonyl (C=O) groups is 1. The van der Waals surface area contributed by atoms with Gasteiger partial charge in [-0.05, 0) is 46.3 Å². The molecule has 0 bridgehead atoms. The molecule has 0 aliphatic heterocycles. The van der Waals surface area contributed by atoms with Crippen LogP contribution in [0.3, 0.4) is 0 Å². The van der Waals surface area contributed by atoms with Gasteiger partial charge in [0.1, 0.15) is 5.69 Å². The maximum Gasteiger partial charge on any atom is 0.271 e. The van der Waals surface area contributed by atoms with E-state index in [2.05, 4.69) is 29.2 Å². The number of carbonyl (C=O) groups excluding carboxylic acids is 1. The number of nitrogen functional groups attached to an aromatic ring is 1. The SMILES string of the molecule is CCN(CC)CCCC(C)NC(=O)c1c(N)c(C)nn1C. The molecule has 1 heterocycles. The average Bonchev–Trinajstić information content (AvgIpc) is 2.68. The average molecular weight is 295 g/mol. The Labute approximate surface area is 127 Å². The highest BCUT2D eigenvalue weighted by atomic mass is 16.2. The molecule has 6 heteroatoms. The van der Waals surface area contributed by atoms with Crippen LogP contribution < -0.4 is 11.1 Å². The molecule has 1 aromatic rings. The lowest BCUT2D eigenvalue weighted by atomic mass is 10.1. The van der Waals surface area contributed by atoms with E-state index in [1.165, 1.54) is 0 Å². The molecule has 0 aliphatic carbocycles. The minimum atomic E-state index is -0.147. The van der Waals surface area contributed by atoms with E-state index in [1.807, 2.05) is 6.92 Å². The Morgan fingerprint density at radius 1 is 1.43 bits per heavy atom. The van der Waals surface area contributed by atoms with Gasteiger partial charge in [-0.3, -0.25) is 9.48 Å². The summed E-state index contributed by atoms with van der Waals surface area (Å²) in [6.07, 6.45) is 2.03. The van der Waals surface area contributed by atoms with Gasteiger partial charge in [-0.1, -0.05) is 13.8 Å². The standard InChI is InChI=1S/C15H29N5O/c1-6-20(7-2)10-8-9-11(3)17-15(21)14-13(16)12(4)18-19(14)5/h11H,6-10,16H2,1-5H3,(H,17,21). The number of aryl methyl sites for hydroxylation is 2. The number of amides is 1. The monoisotopic (exact) mass is 295 g/mol. The molecule has 0 spiro atoms. The van der Waals surface area contributed by atoms with E-state index in [9.17, 15) is 4.79 Å². The van der Waals surface area contributed by atoms with Crippen molar-refractivity contribution < 1.29 is 4.79 Å². The van der Waals surface area contributed by atoms with Crippen LogP contribution in [0.2, 0.25) is 0 Å². The van der Waals surface area contributed by atoms with Crippen molar-refractivity contribution in [3.63, 3.8) is 0 Å². The van der Waals surface area contributed by atoms with Gasteiger partial charge in [0.05, 0.1) is 11.4 Å². The third-order valence-electron chi connectivity index (χ3n) is 3.87. The first-order chi connectivity index (χ1) is 9.90. The third kappa shape index (κ3) is 4.74. The van der Waals surface area contributed by atoms with Crippen molar-refractivity contribution in [1.82, 2.24) is 20.0 Å². The normalized spacial score (nSPS) is 12.7. The predicted octanol–water partition coefficient (Wildman–Crippen LogP) is 1.55. The second-order valence-electron chi connectivity index (χ2n) is 5.51. The summed E-state index contributed by atoms with van der Waals surface area (Å²) in [6, 6.07) is 0.127. The summed E-state index contributed by atoms with van der Waals surface area (Å²) < 4.78 is 1.54. The van der Waals surface area contributed by atoms with E-state index in [4.69, 9.17) is 5.73 Å². The molecule has 0 saturated heterocycles. The molecule has 6 nitrogen and oxygen atoms in total. The fourth-order valence-electron chi connectivity index (χ4n) is 2.47. The van der Waals surface area contributed by atoms with Crippen LogP contribution in [-0.4, -0.2) is 46.3 Å². The number of aromatic nitrogens is 2. The van der Waals surface area contributed by atoms with E-state index in [1.54, 1.807) is 18.7 Å². The number of anilines is 1. The summed E-state index contributed by atoms with van der Waals surface area (Å²) in [6.45, 7) is 11.4. The van der Waals surface area contributed by atoms with Crippen LogP contribution in [0.5, 0.6) is 0 Å². The Morgan fingerprint density at radius 3 is 2.52 bits per heavy atom. The molecule has 0 radical (unpaired) electrons. The fraction of sp³-hybridized carbons (Fsp3) is 0.733. The molecule has 1 unspecified atom stereocenters. The number of nitrogens with zero attached hydrogens (tertiary/aromatic N) is 3. The van der Waals surface area contributed by atoms with Crippen LogP contribution in [0, 0.1) is 6.92 Å². The molecule has 0 fully saturated rings. The van der Waals surface area contributed by atoms with Gasteiger partial charge in [-0.25, -0.2) is 0 Å². The molecule has 1 rings (SSSR count). The van der Waals surface area contributed by atoms with E-state index in [-0.39, 0.29) is 11.9 Å². The molecule has 1 aromatic heterocycles. The highest BCUT2D eigenvalue weighted by Gasteiger charge is 2.19. The van der Waals surface area contributed by atoms with Gasteiger partial charge in [0.15, 0.2) is 0 Å². The zero-order chi connectivity index (χ0) is 16.0. The zero-order valence-electron chi connectivity index (χ0n) is 13.9. The molecule has 0 aliphatic rings. The summed E-state index contributed by atoms with van der Waals surface area (Å²) >= 11 is 0. The number of hydrogen-bond donors (Lipinski definition) is 2. The van der Waals surface area contributed by atoms with Crippen molar-refractivity contribution in [3.8, 4) is 0 Å². The second kappa shape index (κ2) is 8.02. The summed E-state index contributed by atoms with van der Waals surface area (Å²) in [5, 5.41) is 7.17. The van der Waals surface area contributed by atoms with Crippen LogP contribution in [0.25, 0.3) is 0 Å². The molecule has 0 aromatic carbocycles. The molecular weight excluding hydrogens is 266 g/mol. The first kappa shape index (κ1) is 17.5. The molecule has 1 atom stereocenters. The lowest BCUT2D eigenvalue weighted by molar-refractivity contribution is 0.0928. The summed E-state index contributed by atoms with van der Waals surface area (Å²) in [5.41, 5.74) is 7.51. The predicted molar refractivity (Wildman–Crippen MR) is 86.3 cm³/mol. The van der Waals surface area contributed by atoms with Crippen molar-refractivity contribution in [1.29, 1.82) is 0 Å². The molecule has 120 valence electrons. The maximum atomic E-state index is 12.3. The number of nitrogens with two attached hydrogens (primary N) is 1. The fourth-order valence-corrected chi connectivity index (χ4v) is 2.47. The summed E-state index contributed by atoms with van der Waals surface area (Å²) in [7, 11) is 1.74. The van der Waals surface area contributed by atoms with Gasteiger partial charge < -0.3 is 16.0 Å². The molecular formula is C15H29N5O. The Morgan fingerprint density at radius 2 is 2.05 bits per heavy atom. The van der Waals surface area contributed by atoms with Crippen LogP contribution in [0.15, 0.2) is 0 Å². The number of rotatable bonds is 8. The minimum absolute atomic E-state index is 0.127. The van der Waals surface area contributed by atoms with Crippen LogP contribution in [0.1, 0.15) is 49.8 Å². The van der Waals surface area contributed by atoms with Crippen LogP contribution >= 0.6 is 0 Å². The van der Waals surface area contributed by atoms with E-state index in [0.717, 1.165) is 32.5 Å². The van der Waals surface area contributed by atoms with E-state index >= 15 is 0 Å². The second-order valence-corrected chi connectivity index (χ2v) is 5.51. The molecule has 1 amide bonds. The quantitative estimate of drug-likeness (QED) is 0.763.